The molecule has 1 fully saturated rings. The molecule has 5 heteroatoms. The first kappa shape index (κ1) is 11.4. The highest BCUT2D eigenvalue weighted by Gasteiger charge is 2.41. The van der Waals surface area contributed by atoms with E-state index in [2.05, 4.69) is 0 Å². The molecule has 1 saturated heterocycles. The summed E-state index contributed by atoms with van der Waals surface area (Å²) in [4.78, 5) is 11.3. The molecule has 0 radical (unpaired) electrons. The first-order valence-corrected chi connectivity index (χ1v) is 4.91. The highest BCUT2D eigenvalue weighted by molar-refractivity contribution is 7.80. The summed E-state index contributed by atoms with van der Waals surface area (Å²) in [5.74, 6) is -1.22. The molecule has 1 heterocycles. The number of thiocarbonyl (C=S) groups is 1. The van der Waals surface area contributed by atoms with Crippen LogP contribution < -0.4 is 0 Å². The normalized spacial score (nSPS) is 24.5. The van der Waals surface area contributed by atoms with Gasteiger partial charge in [-0.2, -0.15) is 0 Å². The Balaban J connectivity index is 2.47. The summed E-state index contributed by atoms with van der Waals surface area (Å²) >= 11 is 4.91. The topological polar surface area (TPSA) is 44.8 Å². The molecule has 0 aliphatic carbocycles. The molecule has 80 valence electrons. The first-order chi connectivity index (χ1) is 6.44. The van der Waals surface area contributed by atoms with Crippen LogP contribution >= 0.6 is 12.2 Å². The van der Waals surface area contributed by atoms with E-state index in [-0.39, 0.29) is 12.4 Å². The summed E-state index contributed by atoms with van der Waals surface area (Å²) in [6.45, 7) is 5.72. The molecule has 1 rings (SSSR count). The van der Waals surface area contributed by atoms with Crippen LogP contribution in [0, 0.1) is 0 Å². The number of hydrogen-bond acceptors (Lipinski definition) is 5. The molecule has 4 nitrogen and oxygen atoms in total. The third kappa shape index (κ3) is 2.92. The molecule has 0 N–H and O–H groups in total. The van der Waals surface area contributed by atoms with Gasteiger partial charge in [-0.15, -0.1) is 0 Å². The Morgan fingerprint density at radius 1 is 1.64 bits per heavy atom. The van der Waals surface area contributed by atoms with Crippen LogP contribution in [0.4, 0.5) is 0 Å². The van der Waals surface area contributed by atoms with E-state index in [0.717, 1.165) is 0 Å². The van der Waals surface area contributed by atoms with Crippen LogP contribution in [0.3, 0.4) is 0 Å². The minimum atomic E-state index is -0.844. The molecule has 0 aromatic heterocycles. The van der Waals surface area contributed by atoms with E-state index < -0.39 is 11.9 Å². The van der Waals surface area contributed by atoms with Crippen LogP contribution in [0.15, 0.2) is 0 Å². The van der Waals surface area contributed by atoms with E-state index in [4.69, 9.17) is 26.4 Å². The molecule has 1 aliphatic heterocycles. The maximum absolute atomic E-state index is 11.3. The van der Waals surface area contributed by atoms with Crippen molar-refractivity contribution in [3.63, 3.8) is 0 Å². The van der Waals surface area contributed by atoms with Crippen LogP contribution in [0.2, 0.25) is 0 Å². The smallest absolute Gasteiger partial charge is 0.338 e. The molecule has 0 aromatic carbocycles. The maximum atomic E-state index is 11.3. The second-order valence-electron chi connectivity index (χ2n) is 3.44. The number of rotatable bonds is 3. The van der Waals surface area contributed by atoms with Gasteiger partial charge in [0.1, 0.15) is 0 Å². The number of carbonyl (C=O) groups excluding carboxylic acids is 1. The minimum Gasteiger partial charge on any atom is -0.487 e. The second kappa shape index (κ2) is 4.23. The van der Waals surface area contributed by atoms with E-state index >= 15 is 0 Å². The Labute approximate surface area is 88.5 Å². The zero-order chi connectivity index (χ0) is 10.8. The summed E-state index contributed by atoms with van der Waals surface area (Å²) in [6, 6.07) is 0. The third-order valence-corrected chi connectivity index (χ3v) is 1.98. The van der Waals surface area contributed by atoms with E-state index in [0.29, 0.717) is 11.7 Å². The minimum absolute atomic E-state index is 0.283. The van der Waals surface area contributed by atoms with Crippen molar-refractivity contribution >= 4 is 23.2 Å². The average molecular weight is 218 g/mol. The number of cyclic esters (lactones) is 1. The number of esters is 1. The molecule has 14 heavy (non-hydrogen) atoms. The van der Waals surface area contributed by atoms with Crippen LogP contribution in [-0.4, -0.2) is 29.5 Å². The lowest BCUT2D eigenvalue weighted by Crippen LogP contribution is -2.23. The number of carbonyl (C=O) groups is 1. The molecule has 1 aliphatic rings. The van der Waals surface area contributed by atoms with Gasteiger partial charge in [0.05, 0.1) is 13.0 Å². The lowest BCUT2D eigenvalue weighted by molar-refractivity contribution is -0.160. The van der Waals surface area contributed by atoms with Crippen molar-refractivity contribution in [1.29, 1.82) is 0 Å². The maximum Gasteiger partial charge on any atom is 0.338 e. The Morgan fingerprint density at radius 3 is 2.71 bits per heavy atom. The van der Waals surface area contributed by atoms with E-state index in [1.807, 2.05) is 6.92 Å². The number of hydrogen-bond donors (Lipinski definition) is 0. The zero-order valence-corrected chi connectivity index (χ0v) is 9.35. The molecule has 1 unspecified atom stereocenters. The monoisotopic (exact) mass is 218 g/mol. The first-order valence-electron chi connectivity index (χ1n) is 4.51. The SMILES string of the molecule is CCOC(=S)CC1OC(C)(C)OC1=O. The van der Waals surface area contributed by atoms with Crippen molar-refractivity contribution < 1.29 is 19.0 Å². The van der Waals surface area contributed by atoms with Crippen LogP contribution in [-0.2, 0) is 19.0 Å². The fourth-order valence-corrected chi connectivity index (χ4v) is 1.49. The lowest BCUT2D eigenvalue weighted by Gasteiger charge is -2.15. The van der Waals surface area contributed by atoms with E-state index in [1.165, 1.54) is 0 Å². The molecule has 0 bridgehead atoms. The quantitative estimate of drug-likeness (QED) is 0.529. The van der Waals surface area contributed by atoms with Crippen molar-refractivity contribution in [3.8, 4) is 0 Å². The van der Waals surface area contributed by atoms with Gasteiger partial charge in [0.25, 0.3) is 0 Å². The van der Waals surface area contributed by atoms with Gasteiger partial charge >= 0.3 is 5.97 Å². The summed E-state index contributed by atoms with van der Waals surface area (Å²) in [5, 5.41) is 0.382. The standard InChI is InChI=1S/C9H14O4S/c1-4-11-7(14)5-6-8(10)13-9(2,3)12-6/h6H,4-5H2,1-3H3. The summed E-state index contributed by atoms with van der Waals surface area (Å²) in [6.07, 6.45) is -0.338. The Bertz CT molecular complexity index is 249. The van der Waals surface area contributed by atoms with E-state index in [1.54, 1.807) is 13.8 Å². The van der Waals surface area contributed by atoms with Gasteiger partial charge in [-0.05, 0) is 19.1 Å². The van der Waals surface area contributed by atoms with Gasteiger partial charge in [0.15, 0.2) is 11.2 Å². The predicted octanol–water partition coefficient (Wildman–Crippen LogP) is 1.42. The molecule has 0 amide bonds. The molecule has 1 atom stereocenters. The second-order valence-corrected chi connectivity index (χ2v) is 3.89. The number of ether oxygens (including phenoxy) is 3. The zero-order valence-electron chi connectivity index (χ0n) is 8.53. The van der Waals surface area contributed by atoms with Gasteiger partial charge in [0.2, 0.25) is 5.79 Å². The largest absolute Gasteiger partial charge is 0.487 e. The van der Waals surface area contributed by atoms with Gasteiger partial charge in [0, 0.05) is 13.8 Å². The molecular formula is C9H14O4S. The van der Waals surface area contributed by atoms with Crippen LogP contribution in [0.5, 0.6) is 0 Å². The fraction of sp³-hybridized carbons (Fsp3) is 0.778. The average Bonchev–Trinajstić information content (AvgIpc) is 2.25. The van der Waals surface area contributed by atoms with Crippen LogP contribution in [0.25, 0.3) is 0 Å². The van der Waals surface area contributed by atoms with Crippen molar-refractivity contribution in [1.82, 2.24) is 0 Å². The van der Waals surface area contributed by atoms with Gasteiger partial charge in [-0.1, -0.05) is 0 Å². The van der Waals surface area contributed by atoms with Crippen molar-refractivity contribution in [2.75, 3.05) is 6.61 Å². The summed E-state index contributed by atoms with van der Waals surface area (Å²) in [7, 11) is 0. The highest BCUT2D eigenvalue weighted by atomic mass is 32.1. The van der Waals surface area contributed by atoms with E-state index in [9.17, 15) is 4.79 Å². The Kier molecular flexibility index (Phi) is 3.44. The van der Waals surface area contributed by atoms with Gasteiger partial charge < -0.3 is 14.2 Å². The van der Waals surface area contributed by atoms with Gasteiger partial charge in [-0.3, -0.25) is 0 Å². The lowest BCUT2D eigenvalue weighted by atomic mass is 10.3. The molecule has 0 spiro atoms. The highest BCUT2D eigenvalue weighted by Crippen LogP contribution is 2.25. The molecule has 0 aromatic rings. The van der Waals surface area contributed by atoms with Crippen molar-refractivity contribution in [2.45, 2.75) is 39.1 Å². The Morgan fingerprint density at radius 2 is 2.29 bits per heavy atom. The van der Waals surface area contributed by atoms with Crippen molar-refractivity contribution in [3.05, 3.63) is 0 Å². The fourth-order valence-electron chi connectivity index (χ4n) is 1.22. The molecule has 0 saturated carbocycles. The Hall–Kier alpha value is -0.680. The van der Waals surface area contributed by atoms with Crippen LogP contribution in [0.1, 0.15) is 27.2 Å². The molecular weight excluding hydrogens is 204 g/mol. The summed E-state index contributed by atoms with van der Waals surface area (Å²) < 4.78 is 15.4. The predicted molar refractivity (Wildman–Crippen MR) is 53.9 cm³/mol. The summed E-state index contributed by atoms with van der Waals surface area (Å²) in [5.41, 5.74) is 0. The van der Waals surface area contributed by atoms with Gasteiger partial charge in [-0.25, -0.2) is 4.79 Å². The van der Waals surface area contributed by atoms with Crippen molar-refractivity contribution in [2.24, 2.45) is 0 Å². The third-order valence-electron chi connectivity index (χ3n) is 1.69.